The smallest absolute Gasteiger partial charge is 0.00381 e. The number of benzene rings is 1. The van der Waals surface area contributed by atoms with E-state index in [1.807, 2.05) is 6.92 Å². The SMILES string of the molecule is CC(=S)Cc1cc(C(C)C)ccc1C. The Morgan fingerprint density at radius 3 is 2.50 bits per heavy atom. The molecule has 0 saturated heterocycles. The Kier molecular flexibility index (Phi) is 3.82. The molecule has 0 aliphatic heterocycles. The fraction of sp³-hybridized carbons (Fsp3) is 0.462. The van der Waals surface area contributed by atoms with Crippen molar-refractivity contribution in [3.8, 4) is 0 Å². The van der Waals surface area contributed by atoms with E-state index in [1.165, 1.54) is 16.7 Å². The van der Waals surface area contributed by atoms with Crippen LogP contribution in [0.5, 0.6) is 0 Å². The van der Waals surface area contributed by atoms with Crippen LogP contribution in [-0.2, 0) is 6.42 Å². The van der Waals surface area contributed by atoms with Crippen LogP contribution in [0.1, 0.15) is 43.4 Å². The lowest BCUT2D eigenvalue weighted by atomic mass is 9.96. The Morgan fingerprint density at radius 2 is 2.00 bits per heavy atom. The van der Waals surface area contributed by atoms with Gasteiger partial charge in [-0.05, 0) is 41.3 Å². The van der Waals surface area contributed by atoms with Crippen LogP contribution < -0.4 is 0 Å². The first-order chi connectivity index (χ1) is 6.50. The van der Waals surface area contributed by atoms with E-state index in [2.05, 4.69) is 39.0 Å². The van der Waals surface area contributed by atoms with E-state index >= 15 is 0 Å². The molecule has 0 saturated carbocycles. The number of hydrogen-bond donors (Lipinski definition) is 0. The van der Waals surface area contributed by atoms with Gasteiger partial charge in [-0.1, -0.05) is 44.3 Å². The maximum atomic E-state index is 5.15. The lowest BCUT2D eigenvalue weighted by Gasteiger charge is -2.10. The normalized spacial score (nSPS) is 10.6. The summed E-state index contributed by atoms with van der Waals surface area (Å²) in [6, 6.07) is 6.70. The third-order valence-corrected chi connectivity index (χ3v) is 2.62. The molecule has 76 valence electrons. The third-order valence-electron chi connectivity index (χ3n) is 2.48. The highest BCUT2D eigenvalue weighted by atomic mass is 32.1. The highest BCUT2D eigenvalue weighted by Crippen LogP contribution is 2.19. The fourth-order valence-electron chi connectivity index (χ4n) is 1.51. The molecule has 0 fully saturated rings. The third kappa shape index (κ3) is 2.91. The van der Waals surface area contributed by atoms with Gasteiger partial charge in [0.15, 0.2) is 0 Å². The van der Waals surface area contributed by atoms with Crippen molar-refractivity contribution in [1.82, 2.24) is 0 Å². The molecule has 1 heteroatoms. The van der Waals surface area contributed by atoms with Gasteiger partial charge < -0.3 is 0 Å². The Morgan fingerprint density at radius 1 is 1.36 bits per heavy atom. The van der Waals surface area contributed by atoms with Crippen molar-refractivity contribution in [1.29, 1.82) is 0 Å². The molecule has 1 aromatic carbocycles. The molecular formula is C13H18S. The average Bonchev–Trinajstić information content (AvgIpc) is 2.07. The second-order valence-electron chi connectivity index (χ2n) is 4.22. The minimum atomic E-state index is 0.597. The van der Waals surface area contributed by atoms with Crippen molar-refractivity contribution in [3.63, 3.8) is 0 Å². The summed E-state index contributed by atoms with van der Waals surface area (Å²) in [7, 11) is 0. The van der Waals surface area contributed by atoms with E-state index in [9.17, 15) is 0 Å². The highest BCUT2D eigenvalue weighted by molar-refractivity contribution is 7.80. The van der Waals surface area contributed by atoms with E-state index in [0.717, 1.165) is 11.3 Å². The molecule has 14 heavy (non-hydrogen) atoms. The Hall–Kier alpha value is -0.690. The van der Waals surface area contributed by atoms with E-state index in [1.54, 1.807) is 0 Å². The molecule has 0 nitrogen and oxygen atoms in total. The number of aryl methyl sites for hydroxylation is 1. The highest BCUT2D eigenvalue weighted by Gasteiger charge is 2.04. The first-order valence-electron chi connectivity index (χ1n) is 5.09. The van der Waals surface area contributed by atoms with Gasteiger partial charge in [0.1, 0.15) is 0 Å². The molecule has 0 radical (unpaired) electrons. The van der Waals surface area contributed by atoms with Gasteiger partial charge in [0.2, 0.25) is 0 Å². The summed E-state index contributed by atoms with van der Waals surface area (Å²) < 4.78 is 0. The van der Waals surface area contributed by atoms with Gasteiger partial charge in [-0.3, -0.25) is 0 Å². The molecule has 0 amide bonds. The molecule has 0 atom stereocenters. The summed E-state index contributed by atoms with van der Waals surface area (Å²) in [5.41, 5.74) is 4.13. The molecule has 0 bridgehead atoms. The lowest BCUT2D eigenvalue weighted by Crippen LogP contribution is -1.99. The molecule has 1 aromatic rings. The quantitative estimate of drug-likeness (QED) is 0.672. The number of rotatable bonds is 3. The van der Waals surface area contributed by atoms with Crippen molar-refractivity contribution in [2.24, 2.45) is 0 Å². The second-order valence-corrected chi connectivity index (χ2v) is 4.92. The van der Waals surface area contributed by atoms with E-state index in [4.69, 9.17) is 12.2 Å². The molecular weight excluding hydrogens is 188 g/mol. The van der Waals surface area contributed by atoms with Crippen LogP contribution in [0.15, 0.2) is 18.2 Å². The van der Waals surface area contributed by atoms with Crippen molar-refractivity contribution in [2.75, 3.05) is 0 Å². The molecule has 0 aromatic heterocycles. The van der Waals surface area contributed by atoms with Crippen molar-refractivity contribution >= 4 is 17.1 Å². The van der Waals surface area contributed by atoms with E-state index in [-0.39, 0.29) is 0 Å². The van der Waals surface area contributed by atoms with Crippen LogP contribution in [-0.4, -0.2) is 4.86 Å². The minimum Gasteiger partial charge on any atom is -0.0896 e. The van der Waals surface area contributed by atoms with Crippen molar-refractivity contribution in [2.45, 2.75) is 40.0 Å². The second kappa shape index (κ2) is 4.70. The van der Waals surface area contributed by atoms with Gasteiger partial charge in [-0.15, -0.1) is 0 Å². The minimum absolute atomic E-state index is 0.597. The van der Waals surface area contributed by atoms with Gasteiger partial charge in [-0.25, -0.2) is 0 Å². The zero-order valence-electron chi connectivity index (χ0n) is 9.42. The zero-order chi connectivity index (χ0) is 10.7. The summed E-state index contributed by atoms with van der Waals surface area (Å²) in [6.45, 7) is 8.60. The van der Waals surface area contributed by atoms with Crippen molar-refractivity contribution < 1.29 is 0 Å². The topological polar surface area (TPSA) is 0 Å². The predicted molar refractivity (Wildman–Crippen MR) is 67.2 cm³/mol. The molecule has 0 aliphatic rings. The molecule has 0 spiro atoms. The standard InChI is InChI=1S/C13H18S/c1-9(2)12-6-5-10(3)13(8-12)7-11(4)14/h5-6,8-9H,7H2,1-4H3. The fourth-order valence-corrected chi connectivity index (χ4v) is 1.66. The van der Waals surface area contributed by atoms with Gasteiger partial charge >= 0.3 is 0 Å². The lowest BCUT2D eigenvalue weighted by molar-refractivity contribution is 0.863. The summed E-state index contributed by atoms with van der Waals surface area (Å²) in [4.78, 5) is 1.06. The van der Waals surface area contributed by atoms with Gasteiger partial charge in [0.25, 0.3) is 0 Å². The number of thiocarbonyl (C=S) groups is 1. The maximum Gasteiger partial charge on any atom is 0.00381 e. The van der Waals surface area contributed by atoms with Crippen LogP contribution in [0, 0.1) is 6.92 Å². The van der Waals surface area contributed by atoms with Gasteiger partial charge in [0.05, 0.1) is 0 Å². The molecule has 0 heterocycles. The Balaban J connectivity index is 3.02. The zero-order valence-corrected chi connectivity index (χ0v) is 10.2. The first-order valence-corrected chi connectivity index (χ1v) is 5.50. The maximum absolute atomic E-state index is 5.15. The van der Waals surface area contributed by atoms with Gasteiger partial charge in [0, 0.05) is 6.42 Å². The largest absolute Gasteiger partial charge is 0.0896 e. The summed E-state index contributed by atoms with van der Waals surface area (Å²) in [5.74, 6) is 0.597. The average molecular weight is 206 g/mol. The first kappa shape index (κ1) is 11.4. The van der Waals surface area contributed by atoms with Crippen LogP contribution in [0.4, 0.5) is 0 Å². The van der Waals surface area contributed by atoms with Crippen LogP contribution >= 0.6 is 12.2 Å². The molecule has 0 N–H and O–H groups in total. The summed E-state index contributed by atoms with van der Waals surface area (Å²) in [5, 5.41) is 0. The van der Waals surface area contributed by atoms with E-state index < -0.39 is 0 Å². The van der Waals surface area contributed by atoms with Gasteiger partial charge in [-0.2, -0.15) is 0 Å². The Bertz CT molecular complexity index is 337. The van der Waals surface area contributed by atoms with E-state index in [0.29, 0.717) is 5.92 Å². The van der Waals surface area contributed by atoms with Crippen LogP contribution in [0.25, 0.3) is 0 Å². The van der Waals surface area contributed by atoms with Crippen LogP contribution in [0.2, 0.25) is 0 Å². The molecule has 0 aliphatic carbocycles. The Labute approximate surface area is 92.3 Å². The molecule has 0 unspecified atom stereocenters. The number of hydrogen-bond acceptors (Lipinski definition) is 1. The van der Waals surface area contributed by atoms with Crippen molar-refractivity contribution in [3.05, 3.63) is 34.9 Å². The predicted octanol–water partition coefficient (Wildman–Crippen LogP) is 4.05. The van der Waals surface area contributed by atoms with Crippen LogP contribution in [0.3, 0.4) is 0 Å². The monoisotopic (exact) mass is 206 g/mol. The summed E-state index contributed by atoms with van der Waals surface area (Å²) in [6.07, 6.45) is 0.932. The summed E-state index contributed by atoms with van der Waals surface area (Å²) >= 11 is 5.15. The molecule has 1 rings (SSSR count).